The Labute approximate surface area is 92.6 Å². The molecule has 2 aromatic heterocycles. The van der Waals surface area contributed by atoms with Gasteiger partial charge < -0.3 is 0 Å². The van der Waals surface area contributed by atoms with E-state index in [-0.39, 0.29) is 5.78 Å². The van der Waals surface area contributed by atoms with E-state index in [1.54, 1.807) is 23.6 Å². The molecule has 2 aromatic rings. The Morgan fingerprint density at radius 3 is 3.00 bits per heavy atom. The van der Waals surface area contributed by atoms with Crippen molar-refractivity contribution >= 4 is 17.1 Å². The summed E-state index contributed by atoms with van der Waals surface area (Å²) in [5.41, 5.74) is 2.71. The van der Waals surface area contributed by atoms with Crippen molar-refractivity contribution in [1.82, 2.24) is 4.98 Å². The van der Waals surface area contributed by atoms with Gasteiger partial charge in [0.1, 0.15) is 0 Å². The lowest BCUT2D eigenvalue weighted by atomic mass is 10.1. The predicted octanol–water partition coefficient (Wildman–Crippen LogP) is 2.88. The summed E-state index contributed by atoms with van der Waals surface area (Å²) in [5.74, 6) is 0.152. The van der Waals surface area contributed by atoms with E-state index in [1.165, 1.54) is 0 Å². The molecule has 0 aliphatic rings. The maximum absolute atomic E-state index is 11.8. The fraction of sp³-hybridized carbons (Fsp3) is 0.167. The number of carbonyl (C=O) groups is 1. The summed E-state index contributed by atoms with van der Waals surface area (Å²) in [6, 6.07) is 5.58. The SMILES string of the molecule is Cc1cc(C(=O)Cc2ccsc2)ccn1. The van der Waals surface area contributed by atoms with Gasteiger partial charge in [0.15, 0.2) is 5.78 Å². The zero-order valence-electron chi connectivity index (χ0n) is 8.43. The summed E-state index contributed by atoms with van der Waals surface area (Å²) >= 11 is 1.62. The van der Waals surface area contributed by atoms with Gasteiger partial charge >= 0.3 is 0 Å². The zero-order valence-corrected chi connectivity index (χ0v) is 9.25. The van der Waals surface area contributed by atoms with Crippen LogP contribution in [0.2, 0.25) is 0 Å². The standard InChI is InChI=1S/C12H11NOS/c1-9-6-11(2-4-13-9)12(14)7-10-3-5-15-8-10/h2-6,8H,7H2,1H3. The van der Waals surface area contributed by atoms with Crippen molar-refractivity contribution in [1.29, 1.82) is 0 Å². The average molecular weight is 217 g/mol. The summed E-state index contributed by atoms with van der Waals surface area (Å²) in [7, 11) is 0. The van der Waals surface area contributed by atoms with Crippen molar-refractivity contribution in [3.8, 4) is 0 Å². The summed E-state index contributed by atoms with van der Waals surface area (Å²) in [4.78, 5) is 15.9. The average Bonchev–Trinajstić information content (AvgIpc) is 2.70. The van der Waals surface area contributed by atoms with E-state index in [2.05, 4.69) is 4.98 Å². The Kier molecular flexibility index (Phi) is 2.92. The Morgan fingerprint density at radius 2 is 2.33 bits per heavy atom. The van der Waals surface area contributed by atoms with Crippen LogP contribution in [0.1, 0.15) is 21.6 Å². The van der Waals surface area contributed by atoms with Crippen LogP contribution in [0.25, 0.3) is 0 Å². The molecule has 0 radical (unpaired) electrons. The normalized spacial score (nSPS) is 10.2. The second kappa shape index (κ2) is 4.36. The van der Waals surface area contributed by atoms with Gasteiger partial charge in [-0.3, -0.25) is 9.78 Å². The molecule has 0 saturated carbocycles. The highest BCUT2D eigenvalue weighted by Crippen LogP contribution is 2.11. The van der Waals surface area contributed by atoms with Crippen LogP contribution in [-0.4, -0.2) is 10.8 Å². The number of Topliss-reactive ketones (excluding diaryl/α,β-unsaturated/α-hetero) is 1. The number of aryl methyl sites for hydroxylation is 1. The molecular weight excluding hydrogens is 206 g/mol. The van der Waals surface area contributed by atoms with Crippen molar-refractivity contribution in [2.24, 2.45) is 0 Å². The number of aromatic nitrogens is 1. The molecule has 0 bridgehead atoms. The van der Waals surface area contributed by atoms with Gasteiger partial charge in [-0.25, -0.2) is 0 Å². The number of nitrogens with zero attached hydrogens (tertiary/aromatic N) is 1. The number of hydrogen-bond donors (Lipinski definition) is 0. The number of ketones is 1. The molecule has 2 heterocycles. The van der Waals surface area contributed by atoms with Crippen LogP contribution >= 0.6 is 11.3 Å². The zero-order chi connectivity index (χ0) is 10.7. The van der Waals surface area contributed by atoms with Gasteiger partial charge in [-0.2, -0.15) is 11.3 Å². The van der Waals surface area contributed by atoms with Crippen LogP contribution < -0.4 is 0 Å². The van der Waals surface area contributed by atoms with E-state index in [0.29, 0.717) is 6.42 Å². The van der Waals surface area contributed by atoms with Crippen molar-refractivity contribution < 1.29 is 4.79 Å². The molecule has 0 aliphatic heterocycles. The quantitative estimate of drug-likeness (QED) is 0.740. The van der Waals surface area contributed by atoms with E-state index in [4.69, 9.17) is 0 Å². The highest BCUT2D eigenvalue weighted by molar-refractivity contribution is 7.08. The Hall–Kier alpha value is -1.48. The van der Waals surface area contributed by atoms with Crippen LogP contribution in [0.3, 0.4) is 0 Å². The monoisotopic (exact) mass is 217 g/mol. The number of rotatable bonds is 3. The predicted molar refractivity (Wildman–Crippen MR) is 61.3 cm³/mol. The van der Waals surface area contributed by atoms with Crippen LogP contribution in [0.15, 0.2) is 35.2 Å². The van der Waals surface area contributed by atoms with Crippen molar-refractivity contribution in [2.45, 2.75) is 13.3 Å². The van der Waals surface area contributed by atoms with Crippen LogP contribution in [0.4, 0.5) is 0 Å². The first kappa shape index (κ1) is 10.1. The summed E-state index contributed by atoms with van der Waals surface area (Å²) in [5, 5.41) is 3.99. The third-order valence-corrected chi connectivity index (χ3v) is 2.90. The maximum atomic E-state index is 11.8. The summed E-state index contributed by atoms with van der Waals surface area (Å²) in [6.45, 7) is 1.89. The molecule has 0 unspecified atom stereocenters. The molecular formula is C12H11NOS. The number of hydrogen-bond acceptors (Lipinski definition) is 3. The molecule has 3 heteroatoms. The minimum Gasteiger partial charge on any atom is -0.294 e. The molecule has 0 atom stereocenters. The molecule has 2 rings (SSSR count). The van der Waals surface area contributed by atoms with E-state index in [0.717, 1.165) is 16.8 Å². The third-order valence-electron chi connectivity index (χ3n) is 2.16. The van der Waals surface area contributed by atoms with E-state index < -0.39 is 0 Å². The maximum Gasteiger partial charge on any atom is 0.167 e. The largest absolute Gasteiger partial charge is 0.294 e. The first-order valence-electron chi connectivity index (χ1n) is 4.72. The number of pyridine rings is 1. The third kappa shape index (κ3) is 2.50. The highest BCUT2D eigenvalue weighted by Gasteiger charge is 2.07. The molecule has 0 spiro atoms. The molecule has 0 saturated heterocycles. The van der Waals surface area contributed by atoms with Crippen molar-refractivity contribution in [3.05, 3.63) is 52.0 Å². The lowest BCUT2D eigenvalue weighted by Gasteiger charge is -1.99. The van der Waals surface area contributed by atoms with Gasteiger partial charge in [0.2, 0.25) is 0 Å². The molecule has 0 N–H and O–H groups in total. The molecule has 2 nitrogen and oxygen atoms in total. The van der Waals surface area contributed by atoms with Gasteiger partial charge in [0, 0.05) is 23.9 Å². The minimum atomic E-state index is 0.152. The van der Waals surface area contributed by atoms with E-state index in [1.807, 2.05) is 29.8 Å². The first-order chi connectivity index (χ1) is 7.25. The minimum absolute atomic E-state index is 0.152. The fourth-order valence-electron chi connectivity index (χ4n) is 1.40. The number of carbonyl (C=O) groups excluding carboxylic acids is 1. The Balaban J connectivity index is 2.15. The molecule has 0 aromatic carbocycles. The van der Waals surface area contributed by atoms with Gasteiger partial charge in [-0.1, -0.05) is 0 Å². The molecule has 76 valence electrons. The highest BCUT2D eigenvalue weighted by atomic mass is 32.1. The second-order valence-electron chi connectivity index (χ2n) is 3.42. The van der Waals surface area contributed by atoms with E-state index in [9.17, 15) is 4.79 Å². The lowest BCUT2D eigenvalue weighted by Crippen LogP contribution is -2.03. The van der Waals surface area contributed by atoms with Gasteiger partial charge in [-0.15, -0.1) is 0 Å². The van der Waals surface area contributed by atoms with Crippen LogP contribution in [-0.2, 0) is 6.42 Å². The molecule has 0 amide bonds. The Bertz CT molecular complexity index is 462. The van der Waals surface area contributed by atoms with Gasteiger partial charge in [0.25, 0.3) is 0 Å². The second-order valence-corrected chi connectivity index (χ2v) is 4.20. The van der Waals surface area contributed by atoms with Crippen molar-refractivity contribution in [2.75, 3.05) is 0 Å². The summed E-state index contributed by atoms with van der Waals surface area (Å²) in [6.07, 6.45) is 2.16. The van der Waals surface area contributed by atoms with Crippen LogP contribution in [0.5, 0.6) is 0 Å². The fourth-order valence-corrected chi connectivity index (χ4v) is 2.07. The lowest BCUT2D eigenvalue weighted by molar-refractivity contribution is 0.0993. The topological polar surface area (TPSA) is 30.0 Å². The van der Waals surface area contributed by atoms with Gasteiger partial charge in [0.05, 0.1) is 0 Å². The summed E-state index contributed by atoms with van der Waals surface area (Å²) < 4.78 is 0. The molecule has 0 aliphatic carbocycles. The first-order valence-corrected chi connectivity index (χ1v) is 5.67. The smallest absolute Gasteiger partial charge is 0.167 e. The molecule has 0 fully saturated rings. The Morgan fingerprint density at radius 1 is 1.47 bits per heavy atom. The van der Waals surface area contributed by atoms with Crippen LogP contribution in [0, 0.1) is 6.92 Å². The van der Waals surface area contributed by atoms with Crippen molar-refractivity contribution in [3.63, 3.8) is 0 Å². The van der Waals surface area contributed by atoms with Gasteiger partial charge in [-0.05, 0) is 41.4 Å². The van der Waals surface area contributed by atoms with E-state index >= 15 is 0 Å². The molecule has 15 heavy (non-hydrogen) atoms. The number of thiophene rings is 1.